The Morgan fingerprint density at radius 2 is 1.94 bits per heavy atom. The summed E-state index contributed by atoms with van der Waals surface area (Å²) < 4.78 is 5.03. The van der Waals surface area contributed by atoms with Gasteiger partial charge in [0.15, 0.2) is 0 Å². The molecule has 0 aliphatic carbocycles. The molecule has 0 unspecified atom stereocenters. The zero-order chi connectivity index (χ0) is 13.3. The smallest absolute Gasteiger partial charge is 0.338 e. The fraction of sp³-hybridized carbons (Fsp3) is 0.250. The molecule has 6 heteroatoms. The van der Waals surface area contributed by atoms with Crippen molar-refractivity contribution in [3.05, 3.63) is 44.6 Å². The maximum atomic E-state index is 11.7. The van der Waals surface area contributed by atoms with E-state index in [0.29, 0.717) is 10.9 Å². The number of aromatic nitrogens is 2. The van der Waals surface area contributed by atoms with Gasteiger partial charge in [0, 0.05) is 0 Å². The van der Waals surface area contributed by atoms with Crippen LogP contribution in [0.15, 0.2) is 27.8 Å². The number of H-pyrrole nitrogens is 2. The van der Waals surface area contributed by atoms with Crippen molar-refractivity contribution >= 4 is 16.9 Å². The van der Waals surface area contributed by atoms with Gasteiger partial charge in [-0.2, -0.15) is 0 Å². The number of rotatable bonds is 2. The summed E-state index contributed by atoms with van der Waals surface area (Å²) in [5.41, 5.74) is -0.501. The van der Waals surface area contributed by atoms with E-state index >= 15 is 0 Å². The molecule has 0 saturated carbocycles. The second kappa shape index (κ2) is 4.48. The SMILES string of the molecule is CC(C)OC(=O)c1ccc2c(=O)[nH]c(=O)[nH]c2c1. The average Bonchev–Trinajstić information content (AvgIpc) is 2.26. The molecule has 0 amide bonds. The van der Waals surface area contributed by atoms with E-state index < -0.39 is 17.2 Å². The summed E-state index contributed by atoms with van der Waals surface area (Å²) in [5, 5.41) is 0.315. The molecule has 0 bridgehead atoms. The summed E-state index contributed by atoms with van der Waals surface area (Å²) in [6.07, 6.45) is -0.230. The van der Waals surface area contributed by atoms with Crippen LogP contribution in [0.25, 0.3) is 10.9 Å². The van der Waals surface area contributed by atoms with Crippen molar-refractivity contribution in [1.82, 2.24) is 9.97 Å². The number of ether oxygens (including phenoxy) is 1. The molecule has 0 fully saturated rings. The van der Waals surface area contributed by atoms with Crippen molar-refractivity contribution in [3.63, 3.8) is 0 Å². The van der Waals surface area contributed by atoms with E-state index in [2.05, 4.69) is 9.97 Å². The molecule has 1 aromatic carbocycles. The van der Waals surface area contributed by atoms with E-state index in [4.69, 9.17) is 4.74 Å². The molecule has 18 heavy (non-hydrogen) atoms. The highest BCUT2D eigenvalue weighted by molar-refractivity contribution is 5.94. The van der Waals surface area contributed by atoms with Crippen LogP contribution in [0.2, 0.25) is 0 Å². The Labute approximate surface area is 102 Å². The zero-order valence-electron chi connectivity index (χ0n) is 9.94. The monoisotopic (exact) mass is 248 g/mol. The number of esters is 1. The van der Waals surface area contributed by atoms with E-state index in [9.17, 15) is 14.4 Å². The van der Waals surface area contributed by atoms with Gasteiger partial charge in [-0.05, 0) is 32.0 Å². The van der Waals surface area contributed by atoms with Gasteiger partial charge in [0.2, 0.25) is 0 Å². The molecule has 0 aliphatic heterocycles. The van der Waals surface area contributed by atoms with E-state index in [1.807, 2.05) is 0 Å². The van der Waals surface area contributed by atoms with Crippen molar-refractivity contribution in [2.24, 2.45) is 0 Å². The Morgan fingerprint density at radius 1 is 1.22 bits per heavy atom. The molecule has 1 heterocycles. The number of nitrogens with one attached hydrogen (secondary N) is 2. The number of aromatic amines is 2. The van der Waals surface area contributed by atoms with Crippen LogP contribution in [0.3, 0.4) is 0 Å². The standard InChI is InChI=1S/C12H12N2O4/c1-6(2)18-11(16)7-3-4-8-9(5-7)13-12(17)14-10(8)15/h3-6H,1-2H3,(H2,13,14,15,17). The average molecular weight is 248 g/mol. The third-order valence-corrected chi connectivity index (χ3v) is 2.32. The second-order valence-corrected chi connectivity index (χ2v) is 4.12. The third-order valence-electron chi connectivity index (χ3n) is 2.32. The maximum absolute atomic E-state index is 11.7. The maximum Gasteiger partial charge on any atom is 0.338 e. The normalized spacial score (nSPS) is 10.8. The molecule has 2 aromatic rings. The number of hydrogen-bond acceptors (Lipinski definition) is 4. The molecule has 1 aromatic heterocycles. The molecule has 0 saturated heterocycles. The lowest BCUT2D eigenvalue weighted by atomic mass is 10.1. The van der Waals surface area contributed by atoms with Gasteiger partial charge in [0.25, 0.3) is 5.56 Å². The summed E-state index contributed by atoms with van der Waals surface area (Å²) in [6, 6.07) is 4.39. The van der Waals surface area contributed by atoms with Gasteiger partial charge >= 0.3 is 11.7 Å². The summed E-state index contributed by atoms with van der Waals surface area (Å²) in [4.78, 5) is 38.8. The van der Waals surface area contributed by atoms with Crippen LogP contribution >= 0.6 is 0 Å². The first-order valence-corrected chi connectivity index (χ1v) is 5.44. The van der Waals surface area contributed by atoms with Gasteiger partial charge in [-0.3, -0.25) is 9.78 Å². The van der Waals surface area contributed by atoms with Crippen molar-refractivity contribution in [3.8, 4) is 0 Å². The van der Waals surface area contributed by atoms with Crippen LogP contribution in [-0.4, -0.2) is 22.0 Å². The van der Waals surface area contributed by atoms with Crippen LogP contribution in [0, 0.1) is 0 Å². The lowest BCUT2D eigenvalue weighted by Crippen LogP contribution is -2.22. The van der Waals surface area contributed by atoms with Gasteiger partial charge in [-0.1, -0.05) is 0 Å². The van der Waals surface area contributed by atoms with Crippen LogP contribution in [-0.2, 0) is 4.74 Å². The molecule has 0 atom stereocenters. The number of carbonyl (C=O) groups is 1. The fourth-order valence-electron chi connectivity index (χ4n) is 1.58. The Bertz CT molecular complexity index is 712. The van der Waals surface area contributed by atoms with E-state index in [1.165, 1.54) is 18.2 Å². The lowest BCUT2D eigenvalue weighted by Gasteiger charge is -2.08. The second-order valence-electron chi connectivity index (χ2n) is 4.12. The molecule has 0 spiro atoms. The summed E-state index contributed by atoms with van der Waals surface area (Å²) in [6.45, 7) is 3.48. The van der Waals surface area contributed by atoms with Gasteiger partial charge in [-0.25, -0.2) is 9.59 Å². The zero-order valence-corrected chi connectivity index (χ0v) is 9.94. The highest BCUT2D eigenvalue weighted by atomic mass is 16.5. The highest BCUT2D eigenvalue weighted by Gasteiger charge is 2.11. The molecule has 6 nitrogen and oxygen atoms in total. The van der Waals surface area contributed by atoms with Gasteiger partial charge in [0.05, 0.1) is 22.6 Å². The Balaban J connectivity index is 2.54. The fourth-order valence-corrected chi connectivity index (χ4v) is 1.58. The summed E-state index contributed by atoms with van der Waals surface area (Å²) in [7, 11) is 0. The van der Waals surface area contributed by atoms with Crippen molar-refractivity contribution in [1.29, 1.82) is 0 Å². The van der Waals surface area contributed by atoms with Crippen LogP contribution < -0.4 is 11.2 Å². The first-order valence-electron chi connectivity index (χ1n) is 5.44. The van der Waals surface area contributed by atoms with Crippen LogP contribution in [0.5, 0.6) is 0 Å². The molecule has 94 valence electrons. The minimum Gasteiger partial charge on any atom is -0.459 e. The van der Waals surface area contributed by atoms with Crippen molar-refractivity contribution in [2.45, 2.75) is 20.0 Å². The minimum absolute atomic E-state index is 0.230. The summed E-state index contributed by atoms with van der Waals surface area (Å²) in [5.74, 6) is -0.493. The molecule has 0 radical (unpaired) electrons. The Kier molecular flexibility index (Phi) is 3.01. The predicted octanol–water partition coefficient (Wildman–Crippen LogP) is 0.782. The number of fused-ring (bicyclic) bond motifs is 1. The van der Waals surface area contributed by atoms with Gasteiger partial charge in [0.1, 0.15) is 0 Å². The molecular weight excluding hydrogens is 236 g/mol. The van der Waals surface area contributed by atoms with E-state index in [0.717, 1.165) is 0 Å². The largest absolute Gasteiger partial charge is 0.459 e. The number of hydrogen-bond donors (Lipinski definition) is 2. The van der Waals surface area contributed by atoms with Crippen LogP contribution in [0.1, 0.15) is 24.2 Å². The predicted molar refractivity (Wildman–Crippen MR) is 65.7 cm³/mol. The molecule has 2 N–H and O–H groups in total. The Hall–Kier alpha value is -2.37. The first-order chi connectivity index (χ1) is 8.47. The van der Waals surface area contributed by atoms with Gasteiger partial charge in [-0.15, -0.1) is 0 Å². The quantitative estimate of drug-likeness (QED) is 0.768. The topological polar surface area (TPSA) is 92.0 Å². The number of benzene rings is 1. The van der Waals surface area contributed by atoms with Crippen molar-refractivity contribution < 1.29 is 9.53 Å². The molecular formula is C12H12N2O4. The third kappa shape index (κ3) is 2.32. The lowest BCUT2D eigenvalue weighted by molar-refractivity contribution is 0.0378. The number of carbonyl (C=O) groups excluding carboxylic acids is 1. The summed E-state index contributed by atoms with van der Waals surface area (Å²) >= 11 is 0. The minimum atomic E-state index is -0.609. The van der Waals surface area contributed by atoms with Crippen LogP contribution in [0.4, 0.5) is 0 Å². The Morgan fingerprint density at radius 3 is 2.61 bits per heavy atom. The first kappa shape index (κ1) is 12.1. The van der Waals surface area contributed by atoms with Gasteiger partial charge < -0.3 is 9.72 Å². The van der Waals surface area contributed by atoms with Crippen molar-refractivity contribution in [2.75, 3.05) is 0 Å². The van der Waals surface area contributed by atoms with E-state index in [1.54, 1.807) is 13.8 Å². The highest BCUT2D eigenvalue weighted by Crippen LogP contribution is 2.10. The van der Waals surface area contributed by atoms with E-state index in [-0.39, 0.29) is 11.7 Å². The molecule has 0 aliphatic rings. The molecule has 2 rings (SSSR count).